The van der Waals surface area contributed by atoms with Gasteiger partial charge in [0, 0.05) is 26.2 Å². The van der Waals surface area contributed by atoms with Crippen molar-refractivity contribution in [1.29, 1.82) is 0 Å². The molecule has 21 heavy (non-hydrogen) atoms. The number of aryl methyl sites for hydroxylation is 2. The Balaban J connectivity index is 1.77. The molecule has 0 unspecified atom stereocenters. The largest absolute Gasteiger partial charge is 0.478 e. The second kappa shape index (κ2) is 6.69. The van der Waals surface area contributed by atoms with Crippen LogP contribution in [0.5, 0.6) is 0 Å². The molecule has 0 spiro atoms. The van der Waals surface area contributed by atoms with Crippen LogP contribution in [0.2, 0.25) is 0 Å². The molecule has 0 saturated carbocycles. The molecule has 0 radical (unpaired) electrons. The van der Waals surface area contributed by atoms with Crippen LogP contribution in [0.25, 0.3) is 0 Å². The molecular formula is C15H17N3O3. The topological polar surface area (TPSA) is 84.2 Å². The first kappa shape index (κ1) is 14.8. The molecule has 0 atom stereocenters. The van der Waals surface area contributed by atoms with Crippen LogP contribution >= 0.6 is 0 Å². The molecule has 0 fully saturated rings. The molecule has 0 aliphatic heterocycles. The van der Waals surface area contributed by atoms with Crippen molar-refractivity contribution < 1.29 is 14.7 Å². The summed E-state index contributed by atoms with van der Waals surface area (Å²) < 4.78 is 1.71. The van der Waals surface area contributed by atoms with E-state index >= 15 is 0 Å². The highest BCUT2D eigenvalue weighted by atomic mass is 16.4. The second-order valence-corrected chi connectivity index (χ2v) is 4.80. The lowest BCUT2D eigenvalue weighted by atomic mass is 10.1. The molecule has 2 N–H and O–H groups in total. The first-order valence-corrected chi connectivity index (χ1v) is 6.61. The molecule has 1 amide bonds. The number of aromatic carboxylic acids is 1. The highest BCUT2D eigenvalue weighted by molar-refractivity contribution is 5.87. The minimum atomic E-state index is -0.956. The van der Waals surface area contributed by atoms with Crippen molar-refractivity contribution in [2.24, 2.45) is 7.05 Å². The molecule has 1 aromatic carbocycles. The molecular weight excluding hydrogens is 270 g/mol. The van der Waals surface area contributed by atoms with Gasteiger partial charge in [0.1, 0.15) is 0 Å². The standard InChI is InChI=1S/C15H17N3O3/c1-18-10-12(9-17-18)4-7-14(19)16-8-11-2-5-13(6-3-11)15(20)21/h2-3,5-6,9-10H,4,7-8H2,1H3,(H,16,19)(H,20,21). The summed E-state index contributed by atoms with van der Waals surface area (Å²) in [5.74, 6) is -0.997. The number of carboxylic acids is 1. The van der Waals surface area contributed by atoms with Gasteiger partial charge < -0.3 is 10.4 Å². The summed E-state index contributed by atoms with van der Waals surface area (Å²) in [5, 5.41) is 15.7. The fraction of sp³-hybridized carbons (Fsp3) is 0.267. The summed E-state index contributed by atoms with van der Waals surface area (Å²) in [4.78, 5) is 22.5. The van der Waals surface area contributed by atoms with Gasteiger partial charge in [0.15, 0.2) is 0 Å². The first-order valence-electron chi connectivity index (χ1n) is 6.61. The summed E-state index contributed by atoms with van der Waals surface area (Å²) in [5.41, 5.74) is 2.13. The number of benzene rings is 1. The van der Waals surface area contributed by atoms with E-state index in [2.05, 4.69) is 10.4 Å². The van der Waals surface area contributed by atoms with Gasteiger partial charge in [0.05, 0.1) is 11.8 Å². The molecule has 110 valence electrons. The van der Waals surface area contributed by atoms with E-state index in [9.17, 15) is 9.59 Å². The Morgan fingerprint density at radius 1 is 1.24 bits per heavy atom. The van der Waals surface area contributed by atoms with Gasteiger partial charge in [-0.25, -0.2) is 4.79 Å². The van der Waals surface area contributed by atoms with Crippen molar-refractivity contribution >= 4 is 11.9 Å². The Hall–Kier alpha value is -2.63. The molecule has 6 heteroatoms. The maximum Gasteiger partial charge on any atom is 0.335 e. The van der Waals surface area contributed by atoms with E-state index in [1.165, 1.54) is 12.1 Å². The van der Waals surface area contributed by atoms with Crippen LogP contribution in [0.3, 0.4) is 0 Å². The van der Waals surface area contributed by atoms with Crippen molar-refractivity contribution in [2.45, 2.75) is 19.4 Å². The average Bonchev–Trinajstić information content (AvgIpc) is 2.89. The van der Waals surface area contributed by atoms with Crippen molar-refractivity contribution in [3.05, 3.63) is 53.3 Å². The molecule has 2 aromatic rings. The number of hydrogen-bond acceptors (Lipinski definition) is 3. The van der Waals surface area contributed by atoms with Crippen molar-refractivity contribution in [1.82, 2.24) is 15.1 Å². The maximum absolute atomic E-state index is 11.7. The molecule has 0 saturated heterocycles. The SMILES string of the molecule is Cn1cc(CCC(=O)NCc2ccc(C(=O)O)cc2)cn1. The van der Waals surface area contributed by atoms with Crippen LogP contribution in [0, 0.1) is 0 Å². The number of amides is 1. The van der Waals surface area contributed by atoms with Crippen LogP contribution in [0.1, 0.15) is 27.9 Å². The normalized spacial score (nSPS) is 10.3. The molecule has 2 rings (SSSR count). The lowest BCUT2D eigenvalue weighted by Gasteiger charge is -2.05. The van der Waals surface area contributed by atoms with E-state index in [0.29, 0.717) is 19.4 Å². The minimum Gasteiger partial charge on any atom is -0.478 e. The zero-order chi connectivity index (χ0) is 15.2. The van der Waals surface area contributed by atoms with E-state index in [-0.39, 0.29) is 11.5 Å². The Morgan fingerprint density at radius 3 is 2.52 bits per heavy atom. The third-order valence-corrected chi connectivity index (χ3v) is 3.09. The van der Waals surface area contributed by atoms with Gasteiger partial charge in [-0.05, 0) is 29.7 Å². The van der Waals surface area contributed by atoms with Gasteiger partial charge in [-0.15, -0.1) is 0 Å². The number of carbonyl (C=O) groups excluding carboxylic acids is 1. The van der Waals surface area contributed by atoms with Crippen molar-refractivity contribution in [2.75, 3.05) is 0 Å². The zero-order valence-electron chi connectivity index (χ0n) is 11.7. The fourth-order valence-corrected chi connectivity index (χ4v) is 1.91. The van der Waals surface area contributed by atoms with Crippen LogP contribution < -0.4 is 5.32 Å². The minimum absolute atomic E-state index is 0.0406. The second-order valence-electron chi connectivity index (χ2n) is 4.80. The number of carbonyl (C=O) groups is 2. The Bertz CT molecular complexity index is 632. The molecule has 0 aliphatic carbocycles. The number of nitrogens with zero attached hydrogens (tertiary/aromatic N) is 2. The van der Waals surface area contributed by atoms with Crippen molar-refractivity contribution in [3.63, 3.8) is 0 Å². The van der Waals surface area contributed by atoms with Gasteiger partial charge in [-0.2, -0.15) is 5.10 Å². The van der Waals surface area contributed by atoms with Gasteiger partial charge in [0.2, 0.25) is 5.91 Å². The summed E-state index contributed by atoms with van der Waals surface area (Å²) >= 11 is 0. The average molecular weight is 287 g/mol. The van der Waals surface area contributed by atoms with Crippen molar-refractivity contribution in [3.8, 4) is 0 Å². The Kier molecular flexibility index (Phi) is 4.71. The number of aromatic nitrogens is 2. The third kappa shape index (κ3) is 4.45. The molecule has 1 aromatic heterocycles. The first-order chi connectivity index (χ1) is 10.0. The predicted octanol–water partition coefficient (Wildman–Crippen LogP) is 1.37. The van der Waals surface area contributed by atoms with E-state index in [1.807, 2.05) is 13.2 Å². The van der Waals surface area contributed by atoms with Gasteiger partial charge >= 0.3 is 5.97 Å². The summed E-state index contributed by atoms with van der Waals surface area (Å²) in [7, 11) is 1.84. The summed E-state index contributed by atoms with van der Waals surface area (Å²) in [6.45, 7) is 0.395. The number of carboxylic acid groups (broad SMARTS) is 1. The van der Waals surface area contributed by atoms with Gasteiger partial charge in [0.25, 0.3) is 0 Å². The smallest absolute Gasteiger partial charge is 0.335 e. The summed E-state index contributed by atoms with van der Waals surface area (Å²) in [6, 6.07) is 6.45. The lowest BCUT2D eigenvalue weighted by Crippen LogP contribution is -2.22. The molecule has 1 heterocycles. The fourth-order valence-electron chi connectivity index (χ4n) is 1.91. The summed E-state index contributed by atoms with van der Waals surface area (Å²) in [6.07, 6.45) is 4.69. The highest BCUT2D eigenvalue weighted by Gasteiger charge is 2.05. The van der Waals surface area contributed by atoms with Gasteiger partial charge in [-0.1, -0.05) is 12.1 Å². The zero-order valence-corrected chi connectivity index (χ0v) is 11.7. The van der Waals surface area contributed by atoms with Crippen LogP contribution in [0.4, 0.5) is 0 Å². The third-order valence-electron chi connectivity index (χ3n) is 3.09. The molecule has 6 nitrogen and oxygen atoms in total. The number of hydrogen-bond donors (Lipinski definition) is 2. The van der Waals surface area contributed by atoms with Crippen LogP contribution in [-0.4, -0.2) is 26.8 Å². The van der Waals surface area contributed by atoms with Gasteiger partial charge in [-0.3, -0.25) is 9.48 Å². The van der Waals surface area contributed by atoms with E-state index in [1.54, 1.807) is 23.0 Å². The lowest BCUT2D eigenvalue weighted by molar-refractivity contribution is -0.121. The van der Waals surface area contributed by atoms with E-state index < -0.39 is 5.97 Å². The quantitative estimate of drug-likeness (QED) is 0.840. The van der Waals surface area contributed by atoms with Crippen LogP contribution in [0.15, 0.2) is 36.7 Å². The Labute approximate surface area is 122 Å². The molecule has 0 bridgehead atoms. The monoisotopic (exact) mass is 287 g/mol. The number of nitrogens with one attached hydrogen (secondary N) is 1. The predicted molar refractivity (Wildman–Crippen MR) is 76.8 cm³/mol. The maximum atomic E-state index is 11.7. The Morgan fingerprint density at radius 2 is 1.95 bits per heavy atom. The van der Waals surface area contributed by atoms with Crippen LogP contribution in [-0.2, 0) is 24.8 Å². The highest BCUT2D eigenvalue weighted by Crippen LogP contribution is 2.05. The molecule has 0 aliphatic rings. The van der Waals surface area contributed by atoms with E-state index in [4.69, 9.17) is 5.11 Å². The van der Waals surface area contributed by atoms with E-state index in [0.717, 1.165) is 11.1 Å². The number of rotatable bonds is 6.